The van der Waals surface area contributed by atoms with Crippen molar-refractivity contribution in [2.75, 3.05) is 6.54 Å². The Kier molecular flexibility index (Phi) is 7.15. The molecule has 1 unspecified atom stereocenters. The number of hydrogen-bond donors (Lipinski definition) is 1. The fourth-order valence-corrected chi connectivity index (χ4v) is 2.84. The lowest BCUT2D eigenvalue weighted by atomic mass is 9.90. The molecule has 1 aromatic rings. The molecule has 0 saturated carbocycles. The highest BCUT2D eigenvalue weighted by Gasteiger charge is 2.14. The lowest BCUT2D eigenvalue weighted by molar-refractivity contribution is 0.367. The van der Waals surface area contributed by atoms with Crippen molar-refractivity contribution in [1.29, 1.82) is 0 Å². The summed E-state index contributed by atoms with van der Waals surface area (Å²) in [4.78, 5) is 0. The summed E-state index contributed by atoms with van der Waals surface area (Å²) >= 11 is 0. The minimum Gasteiger partial charge on any atom is -0.314 e. The first-order chi connectivity index (χ1) is 9.10. The predicted molar refractivity (Wildman–Crippen MR) is 85.8 cm³/mol. The van der Waals surface area contributed by atoms with E-state index in [1.165, 1.54) is 36.0 Å². The molecular weight excluding hydrogens is 230 g/mol. The van der Waals surface area contributed by atoms with Gasteiger partial charge in [-0.2, -0.15) is 0 Å². The maximum Gasteiger partial charge on any atom is 0.0110 e. The Bertz CT molecular complexity index is 366. The number of benzene rings is 1. The van der Waals surface area contributed by atoms with Crippen LogP contribution in [0, 0.1) is 19.8 Å². The van der Waals surface area contributed by atoms with Crippen LogP contribution in [0.25, 0.3) is 0 Å². The van der Waals surface area contributed by atoms with E-state index in [1.54, 1.807) is 0 Å². The van der Waals surface area contributed by atoms with Crippen LogP contribution in [0.1, 0.15) is 56.7 Å². The molecule has 0 aromatic heterocycles. The first-order valence-electron chi connectivity index (χ1n) is 7.90. The van der Waals surface area contributed by atoms with E-state index in [0.29, 0.717) is 6.04 Å². The summed E-state index contributed by atoms with van der Waals surface area (Å²) in [5.74, 6) is 0.856. The summed E-state index contributed by atoms with van der Waals surface area (Å²) in [7, 11) is 0. The molecule has 108 valence electrons. The molecule has 1 N–H and O–H groups in total. The Balaban J connectivity index is 2.74. The first-order valence-corrected chi connectivity index (χ1v) is 7.90. The van der Waals surface area contributed by atoms with Crippen molar-refractivity contribution in [3.63, 3.8) is 0 Å². The van der Waals surface area contributed by atoms with Gasteiger partial charge >= 0.3 is 0 Å². The minimum atomic E-state index is 0.621. The van der Waals surface area contributed by atoms with Crippen LogP contribution < -0.4 is 5.32 Å². The normalized spacial score (nSPS) is 12.9. The average molecular weight is 261 g/mol. The summed E-state index contributed by atoms with van der Waals surface area (Å²) in [6.45, 7) is 12.3. The Labute approximate surface area is 119 Å². The number of hydrogen-bond acceptors (Lipinski definition) is 1. The zero-order valence-electron chi connectivity index (χ0n) is 13.4. The Morgan fingerprint density at radius 2 is 1.74 bits per heavy atom. The second-order valence-electron chi connectivity index (χ2n) is 5.81. The third-order valence-corrected chi connectivity index (χ3v) is 4.24. The largest absolute Gasteiger partial charge is 0.314 e. The smallest absolute Gasteiger partial charge is 0.0110 e. The fraction of sp³-hybridized carbons (Fsp3) is 0.667. The molecule has 0 heterocycles. The molecular formula is C18H31N. The van der Waals surface area contributed by atoms with Crippen LogP contribution in [0.2, 0.25) is 0 Å². The maximum atomic E-state index is 3.68. The molecule has 0 bridgehead atoms. The monoisotopic (exact) mass is 261 g/mol. The van der Waals surface area contributed by atoms with Crippen molar-refractivity contribution in [2.24, 2.45) is 5.92 Å². The topological polar surface area (TPSA) is 12.0 Å². The summed E-state index contributed by atoms with van der Waals surface area (Å²) in [6.07, 6.45) is 5.06. The first kappa shape index (κ1) is 16.2. The second-order valence-corrected chi connectivity index (χ2v) is 5.81. The Morgan fingerprint density at radius 1 is 1.05 bits per heavy atom. The van der Waals surface area contributed by atoms with Crippen molar-refractivity contribution >= 4 is 0 Å². The summed E-state index contributed by atoms with van der Waals surface area (Å²) in [6, 6.07) is 7.44. The molecule has 1 atom stereocenters. The van der Waals surface area contributed by atoms with Crippen molar-refractivity contribution in [1.82, 2.24) is 5.32 Å². The number of nitrogens with one attached hydrogen (secondary N) is 1. The fourth-order valence-electron chi connectivity index (χ4n) is 2.84. The van der Waals surface area contributed by atoms with Gasteiger partial charge in [-0.3, -0.25) is 0 Å². The lowest BCUT2D eigenvalue weighted by Gasteiger charge is -2.23. The Hall–Kier alpha value is -0.820. The van der Waals surface area contributed by atoms with Crippen LogP contribution in [-0.2, 0) is 6.42 Å². The van der Waals surface area contributed by atoms with Gasteiger partial charge in [0.1, 0.15) is 0 Å². The van der Waals surface area contributed by atoms with Gasteiger partial charge in [0.2, 0.25) is 0 Å². The van der Waals surface area contributed by atoms with Crippen molar-refractivity contribution in [3.05, 3.63) is 34.9 Å². The SMILES string of the molecule is CCNC(Cc1cc(C)ccc1C)CC(CC)CC. The number of aryl methyl sites for hydroxylation is 2. The lowest BCUT2D eigenvalue weighted by Crippen LogP contribution is -2.33. The molecule has 0 aliphatic heterocycles. The Morgan fingerprint density at radius 3 is 2.32 bits per heavy atom. The van der Waals surface area contributed by atoms with E-state index in [-0.39, 0.29) is 0 Å². The van der Waals surface area contributed by atoms with Gasteiger partial charge in [-0.25, -0.2) is 0 Å². The van der Waals surface area contributed by atoms with Crippen LogP contribution in [0.5, 0.6) is 0 Å². The van der Waals surface area contributed by atoms with E-state index in [4.69, 9.17) is 0 Å². The predicted octanol–water partition coefficient (Wildman–Crippen LogP) is 4.65. The van der Waals surface area contributed by atoms with Gasteiger partial charge in [-0.05, 0) is 50.3 Å². The molecule has 0 aliphatic carbocycles. The van der Waals surface area contributed by atoms with Gasteiger partial charge < -0.3 is 5.32 Å². The summed E-state index contributed by atoms with van der Waals surface area (Å²) in [5, 5.41) is 3.68. The van der Waals surface area contributed by atoms with Crippen LogP contribution in [0.15, 0.2) is 18.2 Å². The average Bonchev–Trinajstić information content (AvgIpc) is 2.40. The molecule has 1 rings (SSSR count). The maximum absolute atomic E-state index is 3.68. The second kappa shape index (κ2) is 8.37. The zero-order chi connectivity index (χ0) is 14.3. The minimum absolute atomic E-state index is 0.621. The van der Waals surface area contributed by atoms with Crippen LogP contribution in [-0.4, -0.2) is 12.6 Å². The van der Waals surface area contributed by atoms with Gasteiger partial charge in [0, 0.05) is 6.04 Å². The van der Waals surface area contributed by atoms with Crippen molar-refractivity contribution < 1.29 is 0 Å². The molecule has 0 aliphatic rings. The molecule has 1 aromatic carbocycles. The van der Waals surface area contributed by atoms with E-state index < -0.39 is 0 Å². The van der Waals surface area contributed by atoms with E-state index in [9.17, 15) is 0 Å². The molecule has 0 radical (unpaired) electrons. The van der Waals surface area contributed by atoms with E-state index in [1.807, 2.05) is 0 Å². The standard InChI is InChI=1S/C18H31N/c1-6-16(7-2)12-18(19-8-3)13-17-11-14(4)9-10-15(17)5/h9-11,16,18-19H,6-8,12-13H2,1-5H3. The third kappa shape index (κ3) is 5.36. The van der Waals surface area contributed by atoms with E-state index >= 15 is 0 Å². The number of rotatable bonds is 8. The van der Waals surface area contributed by atoms with Crippen LogP contribution in [0.4, 0.5) is 0 Å². The highest BCUT2D eigenvalue weighted by atomic mass is 14.9. The molecule has 0 amide bonds. The van der Waals surface area contributed by atoms with Gasteiger partial charge in [0.15, 0.2) is 0 Å². The van der Waals surface area contributed by atoms with Crippen molar-refractivity contribution in [3.8, 4) is 0 Å². The zero-order valence-corrected chi connectivity index (χ0v) is 13.4. The highest BCUT2D eigenvalue weighted by Crippen LogP contribution is 2.19. The summed E-state index contributed by atoms with van der Waals surface area (Å²) in [5.41, 5.74) is 4.31. The van der Waals surface area contributed by atoms with Gasteiger partial charge in [-0.15, -0.1) is 0 Å². The molecule has 0 fully saturated rings. The number of likely N-dealkylation sites (N-methyl/N-ethyl adjacent to an activating group) is 1. The van der Waals surface area contributed by atoms with E-state index in [2.05, 4.69) is 58.1 Å². The van der Waals surface area contributed by atoms with Gasteiger partial charge in [-0.1, -0.05) is 57.4 Å². The molecule has 0 spiro atoms. The van der Waals surface area contributed by atoms with Crippen LogP contribution >= 0.6 is 0 Å². The van der Waals surface area contributed by atoms with E-state index in [0.717, 1.165) is 18.9 Å². The van der Waals surface area contributed by atoms with Gasteiger partial charge in [0.05, 0.1) is 0 Å². The molecule has 19 heavy (non-hydrogen) atoms. The summed E-state index contributed by atoms with van der Waals surface area (Å²) < 4.78 is 0. The quantitative estimate of drug-likeness (QED) is 0.718. The third-order valence-electron chi connectivity index (χ3n) is 4.24. The van der Waals surface area contributed by atoms with Gasteiger partial charge in [0.25, 0.3) is 0 Å². The van der Waals surface area contributed by atoms with Crippen LogP contribution in [0.3, 0.4) is 0 Å². The highest BCUT2D eigenvalue weighted by molar-refractivity contribution is 5.31. The molecule has 1 heteroatoms. The molecule has 1 nitrogen and oxygen atoms in total. The van der Waals surface area contributed by atoms with Crippen molar-refractivity contribution in [2.45, 2.75) is 66.3 Å². The molecule has 0 saturated heterocycles.